The van der Waals surface area contributed by atoms with Crippen molar-refractivity contribution in [2.24, 2.45) is 0 Å². The van der Waals surface area contributed by atoms with Crippen LogP contribution in [0.25, 0.3) is 0 Å². The Morgan fingerprint density at radius 2 is 2.00 bits per heavy atom. The summed E-state index contributed by atoms with van der Waals surface area (Å²) in [4.78, 5) is 14.1. The van der Waals surface area contributed by atoms with Crippen molar-refractivity contribution < 1.29 is 9.84 Å². The van der Waals surface area contributed by atoms with Crippen LogP contribution in [-0.4, -0.2) is 21.8 Å². The van der Waals surface area contributed by atoms with E-state index in [4.69, 9.17) is 4.74 Å². The van der Waals surface area contributed by atoms with E-state index in [0.29, 0.717) is 12.2 Å². The van der Waals surface area contributed by atoms with Crippen LogP contribution in [-0.2, 0) is 6.54 Å². The van der Waals surface area contributed by atoms with Crippen molar-refractivity contribution in [2.75, 3.05) is 7.11 Å². The molecule has 5 heteroatoms. The monoisotopic (exact) mass is 234 g/mol. The van der Waals surface area contributed by atoms with Crippen molar-refractivity contribution in [3.05, 3.63) is 46.0 Å². The third-order valence-corrected chi connectivity index (χ3v) is 2.63. The third kappa shape index (κ3) is 2.18. The van der Waals surface area contributed by atoms with Crippen molar-refractivity contribution in [3.63, 3.8) is 0 Å². The lowest BCUT2D eigenvalue weighted by atomic mass is 10.2. The molecule has 1 aromatic carbocycles. The van der Waals surface area contributed by atoms with E-state index in [1.54, 1.807) is 14.0 Å². The lowest BCUT2D eigenvalue weighted by molar-refractivity contribution is 0.413. The number of nitrogens with zero attached hydrogens (tertiary/aromatic N) is 1. The molecule has 0 fully saturated rings. The second-order valence-electron chi connectivity index (χ2n) is 3.81. The van der Waals surface area contributed by atoms with Gasteiger partial charge in [0.05, 0.1) is 19.3 Å². The molecule has 0 spiro atoms. The number of imidazole rings is 1. The van der Waals surface area contributed by atoms with Gasteiger partial charge in [0.15, 0.2) is 0 Å². The van der Waals surface area contributed by atoms with Gasteiger partial charge in [0.25, 0.3) is 0 Å². The Kier molecular flexibility index (Phi) is 2.91. The SMILES string of the molecule is COc1ccc(Cn2c(O)c(C)[nH]c2=O)cc1. The standard InChI is InChI=1S/C12H14N2O3/c1-8-11(15)14(12(16)13-8)7-9-3-5-10(17-2)6-4-9/h3-6,15H,7H2,1-2H3,(H,13,16). The Morgan fingerprint density at radius 3 is 2.47 bits per heavy atom. The van der Waals surface area contributed by atoms with Gasteiger partial charge >= 0.3 is 5.69 Å². The van der Waals surface area contributed by atoms with Gasteiger partial charge in [-0.1, -0.05) is 12.1 Å². The van der Waals surface area contributed by atoms with E-state index in [1.807, 2.05) is 24.3 Å². The lowest BCUT2D eigenvalue weighted by Gasteiger charge is -2.05. The maximum Gasteiger partial charge on any atom is 0.328 e. The van der Waals surface area contributed by atoms with E-state index in [-0.39, 0.29) is 11.6 Å². The number of nitrogens with one attached hydrogen (secondary N) is 1. The number of rotatable bonds is 3. The quantitative estimate of drug-likeness (QED) is 0.839. The molecule has 2 rings (SSSR count). The number of aromatic amines is 1. The molecule has 0 saturated heterocycles. The molecule has 0 radical (unpaired) electrons. The summed E-state index contributed by atoms with van der Waals surface area (Å²) in [5, 5.41) is 9.69. The van der Waals surface area contributed by atoms with Crippen LogP contribution in [0.15, 0.2) is 29.1 Å². The van der Waals surface area contributed by atoms with Gasteiger partial charge in [-0.05, 0) is 24.6 Å². The topological polar surface area (TPSA) is 67.2 Å². The average Bonchev–Trinajstić information content (AvgIpc) is 2.57. The largest absolute Gasteiger partial charge is 0.497 e. The van der Waals surface area contributed by atoms with Gasteiger partial charge in [0.1, 0.15) is 5.75 Å². The Balaban J connectivity index is 2.28. The fourth-order valence-corrected chi connectivity index (χ4v) is 1.64. The van der Waals surface area contributed by atoms with E-state index in [2.05, 4.69) is 4.98 Å². The van der Waals surface area contributed by atoms with E-state index in [0.717, 1.165) is 11.3 Å². The number of hydrogen-bond donors (Lipinski definition) is 2. The number of hydrogen-bond acceptors (Lipinski definition) is 3. The molecular weight excluding hydrogens is 220 g/mol. The lowest BCUT2D eigenvalue weighted by Crippen LogP contribution is -2.17. The smallest absolute Gasteiger partial charge is 0.328 e. The number of ether oxygens (including phenoxy) is 1. The van der Waals surface area contributed by atoms with Gasteiger partial charge in [-0.25, -0.2) is 4.79 Å². The van der Waals surface area contributed by atoms with E-state index in [1.165, 1.54) is 4.57 Å². The molecule has 2 aromatic rings. The summed E-state index contributed by atoms with van der Waals surface area (Å²) < 4.78 is 6.34. The summed E-state index contributed by atoms with van der Waals surface area (Å²) in [6.45, 7) is 1.99. The highest BCUT2D eigenvalue weighted by atomic mass is 16.5. The minimum absolute atomic E-state index is 0.0224. The van der Waals surface area contributed by atoms with Crippen LogP contribution in [0, 0.1) is 6.92 Å². The van der Waals surface area contributed by atoms with Crippen molar-refractivity contribution in [3.8, 4) is 11.6 Å². The third-order valence-electron chi connectivity index (χ3n) is 2.63. The Labute approximate surface area is 98.3 Å². The molecule has 1 aromatic heterocycles. The number of aryl methyl sites for hydroxylation is 1. The molecule has 17 heavy (non-hydrogen) atoms. The van der Waals surface area contributed by atoms with Gasteiger partial charge < -0.3 is 14.8 Å². The first kappa shape index (κ1) is 11.3. The molecule has 0 aliphatic rings. The number of benzene rings is 1. The fourth-order valence-electron chi connectivity index (χ4n) is 1.64. The zero-order valence-corrected chi connectivity index (χ0v) is 9.73. The molecule has 90 valence electrons. The molecular formula is C12H14N2O3. The van der Waals surface area contributed by atoms with Crippen LogP contribution in [0.1, 0.15) is 11.3 Å². The molecule has 0 bridgehead atoms. The highest BCUT2D eigenvalue weighted by Gasteiger charge is 2.09. The molecule has 0 aliphatic heterocycles. The first-order valence-electron chi connectivity index (χ1n) is 5.23. The number of aromatic hydroxyl groups is 1. The predicted octanol–water partition coefficient (Wildman–Crippen LogP) is 1.25. The highest BCUT2D eigenvalue weighted by Crippen LogP contribution is 2.15. The van der Waals surface area contributed by atoms with Gasteiger partial charge in [-0.15, -0.1) is 0 Å². The zero-order chi connectivity index (χ0) is 12.4. The van der Waals surface area contributed by atoms with E-state index < -0.39 is 0 Å². The van der Waals surface area contributed by atoms with Gasteiger partial charge in [-0.2, -0.15) is 0 Å². The molecule has 0 amide bonds. The number of aromatic nitrogens is 2. The Morgan fingerprint density at radius 1 is 1.35 bits per heavy atom. The van der Waals surface area contributed by atoms with E-state index in [9.17, 15) is 9.90 Å². The second kappa shape index (κ2) is 4.37. The zero-order valence-electron chi connectivity index (χ0n) is 9.73. The maximum atomic E-state index is 11.5. The predicted molar refractivity (Wildman–Crippen MR) is 63.6 cm³/mol. The van der Waals surface area contributed by atoms with Crippen LogP contribution in [0.2, 0.25) is 0 Å². The molecule has 0 unspecified atom stereocenters. The van der Waals surface area contributed by atoms with Crippen LogP contribution in [0.3, 0.4) is 0 Å². The minimum Gasteiger partial charge on any atom is -0.497 e. The summed E-state index contributed by atoms with van der Waals surface area (Å²) in [7, 11) is 1.60. The average molecular weight is 234 g/mol. The number of H-pyrrole nitrogens is 1. The summed E-state index contributed by atoms with van der Waals surface area (Å²) in [5.74, 6) is 0.737. The Bertz CT molecular complexity index is 566. The van der Waals surface area contributed by atoms with Crippen LogP contribution in [0.4, 0.5) is 0 Å². The molecule has 2 N–H and O–H groups in total. The maximum absolute atomic E-state index is 11.5. The molecule has 0 atom stereocenters. The molecule has 0 saturated carbocycles. The second-order valence-corrected chi connectivity index (χ2v) is 3.81. The fraction of sp³-hybridized carbons (Fsp3) is 0.250. The summed E-state index contributed by atoms with van der Waals surface area (Å²) >= 11 is 0. The summed E-state index contributed by atoms with van der Waals surface area (Å²) in [6, 6.07) is 7.34. The number of methoxy groups -OCH3 is 1. The Hall–Kier alpha value is -2.17. The van der Waals surface area contributed by atoms with Gasteiger partial charge in [0.2, 0.25) is 5.88 Å². The molecule has 0 aliphatic carbocycles. The van der Waals surface area contributed by atoms with Gasteiger partial charge in [0, 0.05) is 0 Å². The van der Waals surface area contributed by atoms with Crippen molar-refractivity contribution in [2.45, 2.75) is 13.5 Å². The van der Waals surface area contributed by atoms with E-state index >= 15 is 0 Å². The summed E-state index contributed by atoms with van der Waals surface area (Å²) in [5.41, 5.74) is 1.08. The normalized spacial score (nSPS) is 10.5. The van der Waals surface area contributed by atoms with Crippen molar-refractivity contribution >= 4 is 0 Å². The first-order valence-corrected chi connectivity index (χ1v) is 5.23. The van der Waals surface area contributed by atoms with Gasteiger partial charge in [-0.3, -0.25) is 4.57 Å². The molecule has 1 heterocycles. The van der Waals surface area contributed by atoms with Crippen molar-refractivity contribution in [1.29, 1.82) is 0 Å². The highest BCUT2D eigenvalue weighted by molar-refractivity contribution is 5.28. The van der Waals surface area contributed by atoms with Crippen LogP contribution >= 0.6 is 0 Å². The summed E-state index contributed by atoms with van der Waals surface area (Å²) in [6.07, 6.45) is 0. The van der Waals surface area contributed by atoms with Crippen LogP contribution in [0.5, 0.6) is 11.6 Å². The van der Waals surface area contributed by atoms with Crippen LogP contribution < -0.4 is 10.4 Å². The van der Waals surface area contributed by atoms with Crippen molar-refractivity contribution in [1.82, 2.24) is 9.55 Å². The first-order chi connectivity index (χ1) is 8.11. The molecule has 5 nitrogen and oxygen atoms in total. The minimum atomic E-state index is -0.309.